The number of hydrazine groups is 1. The molecule has 0 aromatic carbocycles. The molecule has 0 spiro atoms. The Morgan fingerprint density at radius 3 is 1.65 bits per heavy atom. The Morgan fingerprint density at radius 1 is 0.717 bits per heavy atom. The van der Waals surface area contributed by atoms with Crippen LogP contribution >= 0.6 is 0 Å². The summed E-state index contributed by atoms with van der Waals surface area (Å²) >= 11 is 0. The number of hydrogen-bond donors (Lipinski definition) is 7. The lowest BCUT2D eigenvalue weighted by molar-refractivity contribution is -0.304. The van der Waals surface area contributed by atoms with Gasteiger partial charge in [-0.1, -0.05) is 136 Å². The van der Waals surface area contributed by atoms with Crippen LogP contribution in [0.4, 0.5) is 0 Å². The number of hydrogen-bond acceptors (Lipinski definition) is 10. The molecule has 11 nitrogen and oxygen atoms in total. The smallest absolute Gasteiger partial charge is 0.236 e. The first-order chi connectivity index (χ1) is 22.2. The van der Waals surface area contributed by atoms with Crippen LogP contribution in [0.15, 0.2) is 0 Å². The van der Waals surface area contributed by atoms with Gasteiger partial charge in [0.2, 0.25) is 5.91 Å². The van der Waals surface area contributed by atoms with Gasteiger partial charge in [0.25, 0.3) is 0 Å². The Balaban J connectivity index is 2.61. The first-order valence-corrected chi connectivity index (χ1v) is 18.5. The van der Waals surface area contributed by atoms with Gasteiger partial charge in [-0.2, -0.15) is 0 Å². The Hall–Kier alpha value is -0.890. The van der Waals surface area contributed by atoms with Crippen molar-refractivity contribution >= 4 is 5.91 Å². The number of aliphatic hydroxyl groups excluding tert-OH is 6. The molecular formula is C35H70N2O9. The average molecular weight is 663 g/mol. The van der Waals surface area contributed by atoms with Crippen LogP contribution in [0.5, 0.6) is 0 Å². The number of carbonyl (C=O) groups excluding carboxylic acids is 1. The van der Waals surface area contributed by atoms with Gasteiger partial charge in [-0.15, -0.1) is 0 Å². The van der Waals surface area contributed by atoms with Crippen molar-refractivity contribution in [2.75, 3.05) is 13.2 Å². The van der Waals surface area contributed by atoms with Crippen molar-refractivity contribution in [1.29, 1.82) is 0 Å². The summed E-state index contributed by atoms with van der Waals surface area (Å²) in [4.78, 5) is 13.0. The second kappa shape index (κ2) is 27.0. The van der Waals surface area contributed by atoms with Crippen LogP contribution in [0, 0.1) is 0 Å². The third-order valence-electron chi connectivity index (χ3n) is 9.31. The van der Waals surface area contributed by atoms with Gasteiger partial charge in [0.1, 0.15) is 30.5 Å². The van der Waals surface area contributed by atoms with E-state index in [-0.39, 0.29) is 6.42 Å². The van der Waals surface area contributed by atoms with Gasteiger partial charge < -0.3 is 40.1 Å². The number of ether oxygens (including phenoxy) is 2. The van der Waals surface area contributed by atoms with E-state index < -0.39 is 68.1 Å². The van der Waals surface area contributed by atoms with Crippen molar-refractivity contribution in [2.24, 2.45) is 5.84 Å². The maximum atomic E-state index is 13.0. The monoisotopic (exact) mass is 663 g/mol. The molecule has 1 saturated heterocycles. The van der Waals surface area contributed by atoms with Gasteiger partial charge in [0.05, 0.1) is 25.4 Å². The topological polar surface area (TPSA) is 186 Å². The Labute approximate surface area is 278 Å². The third kappa shape index (κ3) is 17.5. The zero-order valence-corrected chi connectivity index (χ0v) is 29.0. The van der Waals surface area contributed by atoms with E-state index in [2.05, 4.69) is 13.8 Å². The van der Waals surface area contributed by atoms with Crippen molar-refractivity contribution in [2.45, 2.75) is 204 Å². The fourth-order valence-electron chi connectivity index (χ4n) is 6.09. The van der Waals surface area contributed by atoms with Gasteiger partial charge in [-0.25, -0.2) is 5.84 Å². The van der Waals surface area contributed by atoms with Crippen molar-refractivity contribution in [1.82, 2.24) is 5.01 Å². The molecule has 0 saturated carbocycles. The number of carbonyl (C=O) groups is 1. The quantitative estimate of drug-likeness (QED) is 0.0265. The highest BCUT2D eigenvalue weighted by Crippen LogP contribution is 2.24. The highest BCUT2D eigenvalue weighted by molar-refractivity contribution is 5.75. The van der Waals surface area contributed by atoms with Gasteiger partial charge in [-0.05, 0) is 12.8 Å². The molecule has 1 aliphatic rings. The molecule has 1 fully saturated rings. The lowest BCUT2D eigenvalue weighted by atomic mass is 9.98. The number of nitrogens with two attached hydrogens (primary N) is 1. The van der Waals surface area contributed by atoms with Crippen LogP contribution in [0.1, 0.15) is 155 Å². The predicted molar refractivity (Wildman–Crippen MR) is 179 cm³/mol. The van der Waals surface area contributed by atoms with Crippen LogP contribution in [0.2, 0.25) is 0 Å². The van der Waals surface area contributed by atoms with Crippen LogP contribution in [0.25, 0.3) is 0 Å². The Bertz CT molecular complexity index is 732. The van der Waals surface area contributed by atoms with E-state index in [1.807, 2.05) is 0 Å². The molecule has 8 atom stereocenters. The van der Waals surface area contributed by atoms with E-state index in [0.29, 0.717) is 19.3 Å². The van der Waals surface area contributed by atoms with Crippen molar-refractivity contribution in [3.05, 3.63) is 0 Å². The van der Waals surface area contributed by atoms with E-state index in [1.54, 1.807) is 0 Å². The molecule has 1 unspecified atom stereocenters. The number of amides is 1. The highest BCUT2D eigenvalue weighted by atomic mass is 16.7. The number of rotatable bonds is 29. The van der Waals surface area contributed by atoms with Crippen molar-refractivity contribution < 1.29 is 44.9 Å². The highest BCUT2D eigenvalue weighted by Gasteiger charge is 2.45. The Kier molecular flexibility index (Phi) is 25.3. The summed E-state index contributed by atoms with van der Waals surface area (Å²) in [5.41, 5.74) is 0. The number of aliphatic hydroxyl groups is 6. The van der Waals surface area contributed by atoms with Gasteiger partial charge in [-0.3, -0.25) is 9.80 Å². The van der Waals surface area contributed by atoms with E-state index >= 15 is 0 Å². The summed E-state index contributed by atoms with van der Waals surface area (Å²) in [6.07, 6.45) is 13.2. The van der Waals surface area contributed by atoms with Crippen LogP contribution in [0.3, 0.4) is 0 Å². The summed E-state index contributed by atoms with van der Waals surface area (Å²) in [6.45, 7) is 3.39. The molecule has 0 aliphatic carbocycles. The van der Waals surface area contributed by atoms with Crippen molar-refractivity contribution in [3.8, 4) is 0 Å². The maximum Gasteiger partial charge on any atom is 0.236 e. The molecule has 46 heavy (non-hydrogen) atoms. The van der Waals surface area contributed by atoms with Gasteiger partial charge in [0, 0.05) is 6.42 Å². The van der Waals surface area contributed by atoms with Crippen LogP contribution in [-0.2, 0) is 14.3 Å². The van der Waals surface area contributed by atoms with Gasteiger partial charge >= 0.3 is 0 Å². The summed E-state index contributed by atoms with van der Waals surface area (Å²) < 4.78 is 11.1. The third-order valence-corrected chi connectivity index (χ3v) is 9.31. The fourth-order valence-corrected chi connectivity index (χ4v) is 6.09. The summed E-state index contributed by atoms with van der Waals surface area (Å²) in [5.74, 6) is 5.82. The molecular weight excluding hydrogens is 592 g/mol. The van der Waals surface area contributed by atoms with E-state index in [4.69, 9.17) is 15.3 Å². The standard InChI is InChI=1S/C35H70N2O9/c1-3-5-7-9-11-13-14-15-16-17-19-21-23-28(39)31(41)27(26-45-35-34(44)33(43)32(42)29(25-38)46-35)37(36)30(40)24-22-20-18-12-10-8-6-4-2/h27-29,31-35,38-39,41-44H,3-26,36H2,1-2H3/t27-,28+,29?,31-,32-,33-,34+,35-/m0/s1. The molecule has 0 aromatic rings. The minimum Gasteiger partial charge on any atom is -0.394 e. The molecule has 1 rings (SSSR count). The summed E-state index contributed by atoms with van der Waals surface area (Å²) in [6, 6.07) is -1.15. The lowest BCUT2D eigenvalue weighted by Gasteiger charge is -2.41. The molecule has 274 valence electrons. The minimum absolute atomic E-state index is 0.184. The predicted octanol–water partition coefficient (Wildman–Crippen LogP) is 4.22. The maximum absolute atomic E-state index is 13.0. The molecule has 8 N–H and O–H groups in total. The fraction of sp³-hybridized carbons (Fsp3) is 0.971. The number of unbranched alkanes of at least 4 members (excludes halogenated alkanes) is 18. The second-order valence-corrected chi connectivity index (χ2v) is 13.4. The first kappa shape index (κ1) is 43.1. The van der Waals surface area contributed by atoms with E-state index in [0.717, 1.165) is 43.5 Å². The van der Waals surface area contributed by atoms with E-state index in [9.17, 15) is 35.4 Å². The molecule has 11 heteroatoms. The molecule has 0 aromatic heterocycles. The molecule has 1 amide bonds. The SMILES string of the molecule is CCCCCCCCCCCCCC[C@@H](O)[C@@H](O)[C@H](CO[C@H]1OC(CO)[C@H](O)[C@H](O)[C@H]1O)N(N)C(=O)CCCCCCCCCC. The molecule has 0 radical (unpaired) electrons. The number of nitrogens with zero attached hydrogens (tertiary/aromatic N) is 1. The normalized spacial score (nSPS) is 23.7. The Morgan fingerprint density at radius 2 is 1.17 bits per heavy atom. The largest absolute Gasteiger partial charge is 0.394 e. The average Bonchev–Trinajstić information content (AvgIpc) is 3.05. The zero-order valence-electron chi connectivity index (χ0n) is 29.0. The van der Waals surface area contributed by atoms with Crippen molar-refractivity contribution in [3.63, 3.8) is 0 Å². The molecule has 0 bridgehead atoms. The summed E-state index contributed by atoms with van der Waals surface area (Å²) in [7, 11) is 0. The van der Waals surface area contributed by atoms with Gasteiger partial charge in [0.15, 0.2) is 6.29 Å². The molecule has 1 aliphatic heterocycles. The van der Waals surface area contributed by atoms with E-state index in [1.165, 1.54) is 77.0 Å². The summed E-state index contributed by atoms with van der Waals surface area (Å²) in [5, 5.41) is 63.0. The zero-order chi connectivity index (χ0) is 34.2. The first-order valence-electron chi connectivity index (χ1n) is 18.5. The minimum atomic E-state index is -1.64. The second-order valence-electron chi connectivity index (χ2n) is 13.4. The lowest BCUT2D eigenvalue weighted by Crippen LogP contribution is -2.61. The van der Waals surface area contributed by atoms with Crippen LogP contribution < -0.4 is 5.84 Å². The molecule has 1 heterocycles. The van der Waals surface area contributed by atoms with Crippen LogP contribution in [-0.4, -0.2) is 104 Å².